The maximum atomic E-state index is 12.3. The molecule has 116 valence electrons. The smallest absolute Gasteiger partial charge is 0.310 e. The Morgan fingerprint density at radius 2 is 1.85 bits per heavy atom. The lowest BCUT2D eigenvalue weighted by molar-refractivity contribution is -0.152. The molecule has 1 atom stereocenters. The van der Waals surface area contributed by atoms with Gasteiger partial charge in [-0.3, -0.25) is 14.5 Å². The number of carbonyl (C=O) groups excluding carboxylic acids is 1. The molecule has 0 bridgehead atoms. The van der Waals surface area contributed by atoms with Gasteiger partial charge in [0.1, 0.15) is 0 Å². The van der Waals surface area contributed by atoms with Crippen molar-refractivity contribution in [3.8, 4) is 0 Å². The van der Waals surface area contributed by atoms with Gasteiger partial charge in [-0.15, -0.1) is 0 Å². The molecule has 1 rings (SSSR count). The molecule has 0 saturated carbocycles. The fourth-order valence-corrected chi connectivity index (χ4v) is 2.85. The second-order valence-electron chi connectivity index (χ2n) is 6.06. The minimum absolute atomic E-state index is 0.128. The number of carboxylic acid groups (broad SMARTS) is 1. The molecule has 0 radical (unpaired) electrons. The van der Waals surface area contributed by atoms with Crippen LogP contribution in [-0.2, 0) is 9.59 Å². The Morgan fingerprint density at radius 3 is 2.35 bits per heavy atom. The zero-order valence-electron chi connectivity index (χ0n) is 13.0. The van der Waals surface area contributed by atoms with Crippen molar-refractivity contribution in [1.29, 1.82) is 0 Å². The van der Waals surface area contributed by atoms with Crippen molar-refractivity contribution < 1.29 is 14.7 Å². The van der Waals surface area contributed by atoms with Gasteiger partial charge < -0.3 is 10.0 Å². The highest BCUT2D eigenvalue weighted by Crippen LogP contribution is 2.29. The van der Waals surface area contributed by atoms with E-state index in [1.807, 2.05) is 9.80 Å². The molecule has 20 heavy (non-hydrogen) atoms. The number of nitrogens with zero attached hydrogens (tertiary/aromatic N) is 2. The van der Waals surface area contributed by atoms with Gasteiger partial charge in [0.2, 0.25) is 5.91 Å². The minimum Gasteiger partial charge on any atom is -0.481 e. The highest BCUT2D eigenvalue weighted by atomic mass is 16.4. The Balaban J connectivity index is 2.58. The molecule has 1 amide bonds. The van der Waals surface area contributed by atoms with E-state index in [9.17, 15) is 14.7 Å². The van der Waals surface area contributed by atoms with Crippen LogP contribution in [0.25, 0.3) is 0 Å². The molecule has 1 heterocycles. The van der Waals surface area contributed by atoms with Crippen molar-refractivity contribution >= 4 is 11.9 Å². The number of likely N-dealkylation sites (tertiary alicyclic amines) is 1. The number of hydrogen-bond donors (Lipinski definition) is 1. The van der Waals surface area contributed by atoms with Crippen LogP contribution in [0, 0.1) is 5.41 Å². The summed E-state index contributed by atoms with van der Waals surface area (Å²) in [5.41, 5.74) is -0.709. The van der Waals surface area contributed by atoms with E-state index in [1.54, 1.807) is 6.92 Å². The second kappa shape index (κ2) is 7.62. The lowest BCUT2D eigenvalue weighted by Crippen LogP contribution is -2.50. The molecule has 0 aliphatic carbocycles. The van der Waals surface area contributed by atoms with Gasteiger partial charge in [-0.25, -0.2) is 0 Å². The number of piperidine rings is 1. The standard InChI is InChI=1S/C15H28N2O3/c1-4-8-17(9-5-2)13(18)11-16-10-6-7-15(3,12-16)14(19)20/h4-12H2,1-3H3,(H,19,20). The van der Waals surface area contributed by atoms with Crippen LogP contribution in [0.1, 0.15) is 46.5 Å². The van der Waals surface area contributed by atoms with E-state index in [4.69, 9.17) is 0 Å². The topological polar surface area (TPSA) is 60.9 Å². The Hall–Kier alpha value is -1.10. The predicted octanol–water partition coefficient (Wildman–Crippen LogP) is 1.82. The first kappa shape index (κ1) is 17.0. The molecule has 1 N–H and O–H groups in total. The van der Waals surface area contributed by atoms with Crippen LogP contribution in [0.3, 0.4) is 0 Å². The molecule has 1 saturated heterocycles. The summed E-state index contributed by atoms with van der Waals surface area (Å²) in [6.07, 6.45) is 3.45. The van der Waals surface area contributed by atoms with Crippen LogP contribution in [0.15, 0.2) is 0 Å². The average molecular weight is 284 g/mol. The Kier molecular flexibility index (Phi) is 6.46. The molecule has 0 aromatic rings. The number of carbonyl (C=O) groups is 2. The van der Waals surface area contributed by atoms with Crippen molar-refractivity contribution in [2.24, 2.45) is 5.41 Å². The van der Waals surface area contributed by atoms with Gasteiger partial charge in [0.15, 0.2) is 0 Å². The summed E-state index contributed by atoms with van der Waals surface area (Å²) in [7, 11) is 0. The van der Waals surface area contributed by atoms with Gasteiger partial charge in [0.25, 0.3) is 0 Å². The third-order valence-corrected chi connectivity index (χ3v) is 3.99. The lowest BCUT2D eigenvalue weighted by atomic mass is 9.82. The van der Waals surface area contributed by atoms with E-state index in [1.165, 1.54) is 0 Å². The van der Waals surface area contributed by atoms with E-state index in [0.717, 1.165) is 38.9 Å². The minimum atomic E-state index is -0.756. The largest absolute Gasteiger partial charge is 0.481 e. The molecule has 0 aromatic carbocycles. The first-order valence-electron chi connectivity index (χ1n) is 7.66. The lowest BCUT2D eigenvalue weighted by Gasteiger charge is -2.38. The molecule has 0 spiro atoms. The van der Waals surface area contributed by atoms with E-state index in [2.05, 4.69) is 13.8 Å². The maximum Gasteiger partial charge on any atom is 0.310 e. The zero-order chi connectivity index (χ0) is 15.2. The van der Waals surface area contributed by atoms with Gasteiger partial charge >= 0.3 is 5.97 Å². The summed E-state index contributed by atoms with van der Waals surface area (Å²) in [4.78, 5) is 27.5. The quantitative estimate of drug-likeness (QED) is 0.774. The number of aliphatic carboxylic acids is 1. The van der Waals surface area contributed by atoms with Crippen LogP contribution in [0.2, 0.25) is 0 Å². The first-order chi connectivity index (χ1) is 9.42. The van der Waals surface area contributed by atoms with E-state index < -0.39 is 11.4 Å². The van der Waals surface area contributed by atoms with Crippen molar-refractivity contribution in [2.75, 3.05) is 32.7 Å². The fraction of sp³-hybridized carbons (Fsp3) is 0.867. The Morgan fingerprint density at radius 1 is 1.25 bits per heavy atom. The summed E-state index contributed by atoms with van der Waals surface area (Å²) in [6, 6.07) is 0. The summed E-state index contributed by atoms with van der Waals surface area (Å²) in [5, 5.41) is 9.31. The van der Waals surface area contributed by atoms with E-state index >= 15 is 0 Å². The van der Waals surface area contributed by atoms with Crippen LogP contribution in [0.4, 0.5) is 0 Å². The van der Waals surface area contributed by atoms with Crippen LogP contribution in [-0.4, -0.2) is 59.5 Å². The number of carboxylic acids is 1. The summed E-state index contributed by atoms with van der Waals surface area (Å²) >= 11 is 0. The number of amides is 1. The third kappa shape index (κ3) is 4.47. The van der Waals surface area contributed by atoms with Crippen molar-refractivity contribution in [2.45, 2.75) is 46.5 Å². The van der Waals surface area contributed by atoms with Gasteiger partial charge in [-0.05, 0) is 39.2 Å². The molecule has 1 aliphatic rings. The second-order valence-corrected chi connectivity index (χ2v) is 6.06. The molecule has 1 aliphatic heterocycles. The van der Waals surface area contributed by atoms with Gasteiger partial charge in [0, 0.05) is 19.6 Å². The Labute approximate surface area is 121 Å². The molecule has 1 fully saturated rings. The van der Waals surface area contributed by atoms with Crippen LogP contribution < -0.4 is 0 Å². The van der Waals surface area contributed by atoms with E-state index in [0.29, 0.717) is 19.5 Å². The van der Waals surface area contributed by atoms with Gasteiger partial charge in [-0.1, -0.05) is 13.8 Å². The average Bonchev–Trinajstić information content (AvgIpc) is 2.38. The highest BCUT2D eigenvalue weighted by Gasteiger charge is 2.38. The van der Waals surface area contributed by atoms with Crippen molar-refractivity contribution in [1.82, 2.24) is 9.80 Å². The summed E-state index contributed by atoms with van der Waals surface area (Å²) < 4.78 is 0. The molecule has 0 aromatic heterocycles. The molecule has 5 nitrogen and oxygen atoms in total. The normalized spacial score (nSPS) is 23.6. The van der Waals surface area contributed by atoms with Gasteiger partial charge in [-0.2, -0.15) is 0 Å². The van der Waals surface area contributed by atoms with Gasteiger partial charge in [0.05, 0.1) is 12.0 Å². The Bertz CT molecular complexity index is 340. The number of hydrogen-bond acceptors (Lipinski definition) is 3. The monoisotopic (exact) mass is 284 g/mol. The van der Waals surface area contributed by atoms with E-state index in [-0.39, 0.29) is 5.91 Å². The molecular weight excluding hydrogens is 256 g/mol. The molecule has 5 heteroatoms. The fourth-order valence-electron chi connectivity index (χ4n) is 2.85. The summed E-state index contributed by atoms with van der Waals surface area (Å²) in [5.74, 6) is -0.628. The first-order valence-corrected chi connectivity index (χ1v) is 7.66. The van der Waals surface area contributed by atoms with Crippen LogP contribution in [0.5, 0.6) is 0 Å². The predicted molar refractivity (Wildman–Crippen MR) is 78.6 cm³/mol. The summed E-state index contributed by atoms with van der Waals surface area (Å²) in [6.45, 7) is 9.13. The number of rotatable bonds is 7. The van der Waals surface area contributed by atoms with Crippen LogP contribution >= 0.6 is 0 Å². The molecule has 1 unspecified atom stereocenters. The SMILES string of the molecule is CCCN(CCC)C(=O)CN1CCCC(C)(C(=O)O)C1. The third-order valence-electron chi connectivity index (χ3n) is 3.99. The van der Waals surface area contributed by atoms with Crippen molar-refractivity contribution in [3.63, 3.8) is 0 Å². The zero-order valence-corrected chi connectivity index (χ0v) is 13.0. The molecular formula is C15H28N2O3. The highest BCUT2D eigenvalue weighted by molar-refractivity contribution is 5.79. The van der Waals surface area contributed by atoms with Crippen molar-refractivity contribution in [3.05, 3.63) is 0 Å². The maximum absolute atomic E-state index is 12.3.